The maximum atomic E-state index is 12.7. The van der Waals surface area contributed by atoms with Crippen molar-refractivity contribution < 1.29 is 9.18 Å². The van der Waals surface area contributed by atoms with Gasteiger partial charge in [-0.25, -0.2) is 4.39 Å². The van der Waals surface area contributed by atoms with Crippen LogP contribution in [0, 0.1) is 5.82 Å². The molecular formula is C15H24FIN4O. The largest absolute Gasteiger partial charge is 0.355 e. The lowest BCUT2D eigenvalue weighted by Crippen LogP contribution is -2.44. The van der Waals surface area contributed by atoms with Gasteiger partial charge < -0.3 is 16.0 Å². The Kier molecular flexibility index (Phi) is 10.5. The minimum absolute atomic E-state index is 0. The van der Waals surface area contributed by atoms with Crippen LogP contribution in [0.25, 0.3) is 0 Å². The molecule has 0 bridgehead atoms. The lowest BCUT2D eigenvalue weighted by Gasteiger charge is -2.14. The van der Waals surface area contributed by atoms with Crippen LogP contribution in [-0.4, -0.2) is 38.0 Å². The molecule has 0 aliphatic carbocycles. The molecule has 0 saturated carbocycles. The zero-order chi connectivity index (χ0) is 15.7. The van der Waals surface area contributed by atoms with Gasteiger partial charge in [-0.15, -0.1) is 24.0 Å². The average molecular weight is 422 g/mol. The van der Waals surface area contributed by atoms with Crippen molar-refractivity contribution >= 4 is 35.8 Å². The molecule has 7 heteroatoms. The van der Waals surface area contributed by atoms with E-state index in [1.54, 1.807) is 19.2 Å². The van der Waals surface area contributed by atoms with Gasteiger partial charge in [0.1, 0.15) is 5.82 Å². The van der Waals surface area contributed by atoms with Gasteiger partial charge in [0, 0.05) is 26.2 Å². The number of nitrogens with one attached hydrogen (secondary N) is 3. The second-order valence-corrected chi connectivity index (χ2v) is 4.95. The van der Waals surface area contributed by atoms with E-state index in [-0.39, 0.29) is 42.1 Å². The van der Waals surface area contributed by atoms with E-state index in [0.717, 1.165) is 5.56 Å². The molecule has 0 atom stereocenters. The molecule has 0 aliphatic rings. The zero-order valence-electron chi connectivity index (χ0n) is 13.1. The van der Waals surface area contributed by atoms with Gasteiger partial charge in [-0.3, -0.25) is 9.79 Å². The van der Waals surface area contributed by atoms with Crippen LogP contribution in [0.3, 0.4) is 0 Å². The topological polar surface area (TPSA) is 65.5 Å². The number of guanidine groups is 1. The highest BCUT2D eigenvalue weighted by molar-refractivity contribution is 14.0. The molecule has 1 amide bonds. The van der Waals surface area contributed by atoms with E-state index in [4.69, 9.17) is 0 Å². The van der Waals surface area contributed by atoms with Gasteiger partial charge >= 0.3 is 0 Å². The predicted molar refractivity (Wildman–Crippen MR) is 98.2 cm³/mol. The van der Waals surface area contributed by atoms with Crippen LogP contribution in [0.1, 0.15) is 19.4 Å². The lowest BCUT2D eigenvalue weighted by atomic mass is 10.1. The van der Waals surface area contributed by atoms with Crippen LogP contribution in [0.4, 0.5) is 4.39 Å². The number of carbonyl (C=O) groups is 1. The molecule has 124 valence electrons. The number of carbonyl (C=O) groups excluding carboxylic acids is 1. The number of halogens is 2. The number of aliphatic imine (C=N–C) groups is 1. The standard InChI is InChI=1S/C15H23FN4O.HI/c1-11(2)20-15(17-3)19-9-8-18-14(21)10-12-4-6-13(16)7-5-12;/h4-7,11H,8-10H2,1-3H3,(H,18,21)(H2,17,19,20);1H. The fraction of sp³-hybridized carbons (Fsp3) is 0.467. The van der Waals surface area contributed by atoms with Gasteiger partial charge in [0.15, 0.2) is 5.96 Å². The highest BCUT2D eigenvalue weighted by Crippen LogP contribution is 2.03. The van der Waals surface area contributed by atoms with Crippen molar-refractivity contribution in [2.75, 3.05) is 20.1 Å². The normalized spacial score (nSPS) is 10.9. The van der Waals surface area contributed by atoms with E-state index in [1.165, 1.54) is 12.1 Å². The number of rotatable bonds is 6. The Morgan fingerprint density at radius 3 is 2.32 bits per heavy atom. The highest BCUT2D eigenvalue weighted by Gasteiger charge is 2.03. The first kappa shape index (κ1) is 20.6. The molecule has 0 unspecified atom stereocenters. The van der Waals surface area contributed by atoms with Crippen LogP contribution in [0.15, 0.2) is 29.3 Å². The van der Waals surface area contributed by atoms with Gasteiger partial charge in [0.2, 0.25) is 5.91 Å². The zero-order valence-corrected chi connectivity index (χ0v) is 15.5. The van der Waals surface area contributed by atoms with Crippen molar-refractivity contribution in [3.05, 3.63) is 35.6 Å². The van der Waals surface area contributed by atoms with Crippen molar-refractivity contribution in [1.82, 2.24) is 16.0 Å². The molecule has 0 aliphatic heterocycles. The third kappa shape index (κ3) is 8.81. The number of hydrogen-bond donors (Lipinski definition) is 3. The van der Waals surface area contributed by atoms with Gasteiger partial charge in [0.25, 0.3) is 0 Å². The number of benzene rings is 1. The molecule has 0 fully saturated rings. The molecular weight excluding hydrogens is 398 g/mol. The summed E-state index contributed by atoms with van der Waals surface area (Å²) in [5.74, 6) is 0.320. The Morgan fingerprint density at radius 2 is 1.77 bits per heavy atom. The Bertz CT molecular complexity index is 477. The molecule has 1 aromatic carbocycles. The first-order chi connectivity index (χ1) is 10.0. The van der Waals surface area contributed by atoms with E-state index in [1.807, 2.05) is 13.8 Å². The number of nitrogens with zero attached hydrogens (tertiary/aromatic N) is 1. The third-order valence-electron chi connectivity index (χ3n) is 2.67. The quantitative estimate of drug-likeness (QED) is 0.283. The van der Waals surface area contributed by atoms with Crippen molar-refractivity contribution in [3.63, 3.8) is 0 Å². The van der Waals surface area contributed by atoms with E-state index in [9.17, 15) is 9.18 Å². The summed E-state index contributed by atoms with van der Waals surface area (Å²) in [7, 11) is 1.70. The maximum Gasteiger partial charge on any atom is 0.224 e. The van der Waals surface area contributed by atoms with Crippen LogP contribution < -0.4 is 16.0 Å². The van der Waals surface area contributed by atoms with Crippen LogP contribution in [0.2, 0.25) is 0 Å². The monoisotopic (exact) mass is 422 g/mol. The predicted octanol–water partition coefficient (Wildman–Crippen LogP) is 1.68. The Morgan fingerprint density at radius 1 is 1.18 bits per heavy atom. The lowest BCUT2D eigenvalue weighted by molar-refractivity contribution is -0.120. The molecule has 22 heavy (non-hydrogen) atoms. The van der Waals surface area contributed by atoms with Crippen molar-refractivity contribution in [2.45, 2.75) is 26.3 Å². The van der Waals surface area contributed by atoms with E-state index in [0.29, 0.717) is 25.1 Å². The summed E-state index contributed by atoms with van der Waals surface area (Å²) >= 11 is 0. The molecule has 0 radical (unpaired) electrons. The molecule has 3 N–H and O–H groups in total. The SMILES string of the molecule is CN=C(NCCNC(=O)Cc1ccc(F)cc1)NC(C)C.I. The van der Waals surface area contributed by atoms with Gasteiger partial charge in [0.05, 0.1) is 6.42 Å². The summed E-state index contributed by atoms with van der Waals surface area (Å²) in [5.41, 5.74) is 0.791. The highest BCUT2D eigenvalue weighted by atomic mass is 127. The van der Waals surface area contributed by atoms with Crippen LogP contribution in [-0.2, 0) is 11.2 Å². The van der Waals surface area contributed by atoms with Crippen molar-refractivity contribution in [3.8, 4) is 0 Å². The van der Waals surface area contributed by atoms with E-state index < -0.39 is 0 Å². The van der Waals surface area contributed by atoms with Crippen molar-refractivity contribution in [1.29, 1.82) is 0 Å². The Balaban J connectivity index is 0.00000441. The van der Waals surface area contributed by atoms with Crippen LogP contribution >= 0.6 is 24.0 Å². The van der Waals surface area contributed by atoms with Gasteiger partial charge in [-0.2, -0.15) is 0 Å². The van der Waals surface area contributed by atoms with E-state index >= 15 is 0 Å². The summed E-state index contributed by atoms with van der Waals surface area (Å²) in [6.45, 7) is 5.13. The molecule has 0 aromatic heterocycles. The summed E-state index contributed by atoms with van der Waals surface area (Å²) in [4.78, 5) is 15.8. The minimum atomic E-state index is -0.299. The smallest absolute Gasteiger partial charge is 0.224 e. The summed E-state index contributed by atoms with van der Waals surface area (Å²) < 4.78 is 12.7. The molecule has 0 saturated heterocycles. The number of amides is 1. The molecule has 1 rings (SSSR count). The van der Waals surface area contributed by atoms with E-state index in [2.05, 4.69) is 20.9 Å². The Labute approximate surface area is 148 Å². The summed E-state index contributed by atoms with van der Waals surface area (Å²) in [6, 6.07) is 6.23. The fourth-order valence-electron chi connectivity index (χ4n) is 1.70. The van der Waals surface area contributed by atoms with Gasteiger partial charge in [-0.05, 0) is 31.5 Å². The first-order valence-electron chi connectivity index (χ1n) is 6.99. The summed E-state index contributed by atoms with van der Waals surface area (Å²) in [5, 5.41) is 9.06. The summed E-state index contributed by atoms with van der Waals surface area (Å²) in [6.07, 6.45) is 0.249. The van der Waals surface area contributed by atoms with Crippen LogP contribution in [0.5, 0.6) is 0 Å². The minimum Gasteiger partial charge on any atom is -0.355 e. The second-order valence-electron chi connectivity index (χ2n) is 4.95. The third-order valence-corrected chi connectivity index (χ3v) is 2.67. The molecule has 5 nitrogen and oxygen atoms in total. The maximum absolute atomic E-state index is 12.7. The van der Waals surface area contributed by atoms with Gasteiger partial charge in [-0.1, -0.05) is 12.1 Å². The molecule has 0 spiro atoms. The average Bonchev–Trinajstić information content (AvgIpc) is 2.44. The van der Waals surface area contributed by atoms with Crippen molar-refractivity contribution in [2.24, 2.45) is 4.99 Å². The molecule has 0 heterocycles. The Hall–Kier alpha value is -1.38. The first-order valence-corrected chi connectivity index (χ1v) is 6.99. The number of hydrogen-bond acceptors (Lipinski definition) is 2. The second kappa shape index (κ2) is 11.2. The fourth-order valence-corrected chi connectivity index (χ4v) is 1.70. The molecule has 1 aromatic rings.